The summed E-state index contributed by atoms with van der Waals surface area (Å²) in [6, 6.07) is 19.4. The lowest BCUT2D eigenvalue weighted by Crippen LogP contribution is -2.38. The van der Waals surface area contributed by atoms with Gasteiger partial charge in [-0.2, -0.15) is 0 Å². The first-order valence-electron chi connectivity index (χ1n) is 10.1. The van der Waals surface area contributed by atoms with Gasteiger partial charge in [-0.3, -0.25) is 4.79 Å². The summed E-state index contributed by atoms with van der Waals surface area (Å²) in [7, 11) is 1.59. The molecular formula is C25H28O4. The van der Waals surface area contributed by atoms with Crippen molar-refractivity contribution in [1.29, 1.82) is 0 Å². The Morgan fingerprint density at radius 2 is 1.55 bits per heavy atom. The highest BCUT2D eigenvalue weighted by Gasteiger charge is 2.42. The van der Waals surface area contributed by atoms with Gasteiger partial charge in [0.15, 0.2) is 17.1 Å². The second kappa shape index (κ2) is 9.10. The van der Waals surface area contributed by atoms with Crippen LogP contribution >= 0.6 is 0 Å². The third kappa shape index (κ3) is 3.73. The van der Waals surface area contributed by atoms with Crippen LogP contribution in [0.4, 0.5) is 0 Å². The van der Waals surface area contributed by atoms with Crippen molar-refractivity contribution in [2.24, 2.45) is 0 Å². The van der Waals surface area contributed by atoms with Crippen LogP contribution in [-0.2, 0) is 10.3 Å². The Labute approximate surface area is 172 Å². The molecule has 4 heteroatoms. The number of benzene rings is 3. The maximum absolute atomic E-state index is 14.1. The van der Waals surface area contributed by atoms with Crippen molar-refractivity contribution >= 4 is 16.6 Å². The van der Waals surface area contributed by atoms with Crippen molar-refractivity contribution in [3.63, 3.8) is 0 Å². The van der Waals surface area contributed by atoms with E-state index in [4.69, 9.17) is 14.2 Å². The Morgan fingerprint density at radius 3 is 2.17 bits per heavy atom. The first-order chi connectivity index (χ1) is 14.1. The van der Waals surface area contributed by atoms with Crippen LogP contribution in [0.1, 0.15) is 43.1 Å². The molecule has 3 aromatic carbocycles. The molecule has 0 heterocycles. The predicted molar refractivity (Wildman–Crippen MR) is 116 cm³/mol. The molecule has 0 aliphatic rings. The number of methoxy groups -OCH3 is 1. The van der Waals surface area contributed by atoms with E-state index in [2.05, 4.69) is 0 Å². The molecule has 0 amide bonds. The first-order valence-corrected chi connectivity index (χ1v) is 10.1. The summed E-state index contributed by atoms with van der Waals surface area (Å²) in [5.41, 5.74) is 0.213. The third-order valence-electron chi connectivity index (χ3n) is 5.24. The molecule has 0 radical (unpaired) electrons. The van der Waals surface area contributed by atoms with Crippen LogP contribution in [0.5, 0.6) is 11.5 Å². The molecule has 0 saturated heterocycles. The number of rotatable bonds is 9. The maximum atomic E-state index is 14.1. The van der Waals surface area contributed by atoms with Crippen molar-refractivity contribution in [2.75, 3.05) is 20.3 Å². The van der Waals surface area contributed by atoms with Gasteiger partial charge in [-0.15, -0.1) is 0 Å². The van der Waals surface area contributed by atoms with E-state index in [-0.39, 0.29) is 5.78 Å². The van der Waals surface area contributed by atoms with E-state index < -0.39 is 5.60 Å². The fourth-order valence-corrected chi connectivity index (χ4v) is 3.84. The number of carbonyl (C=O) groups excluding carboxylic acids is 1. The number of Topliss-reactive ketones (excluding diaryl/α,β-unsaturated/α-hetero) is 1. The van der Waals surface area contributed by atoms with E-state index in [1.54, 1.807) is 7.11 Å². The molecule has 0 unspecified atom stereocenters. The number of fused-ring (bicyclic) bond motifs is 1. The number of ether oxygens (including phenoxy) is 3. The minimum absolute atomic E-state index is 0.130. The molecule has 0 N–H and O–H groups in total. The highest BCUT2D eigenvalue weighted by Crippen LogP contribution is 2.43. The van der Waals surface area contributed by atoms with Gasteiger partial charge in [0.25, 0.3) is 0 Å². The Hall–Kier alpha value is -2.85. The highest BCUT2D eigenvalue weighted by atomic mass is 16.5. The molecule has 3 aromatic rings. The lowest BCUT2D eigenvalue weighted by atomic mass is 9.81. The van der Waals surface area contributed by atoms with Crippen molar-refractivity contribution in [3.8, 4) is 11.5 Å². The van der Waals surface area contributed by atoms with E-state index >= 15 is 0 Å². The number of carbonyl (C=O) groups is 1. The number of hydrogen-bond acceptors (Lipinski definition) is 4. The summed E-state index contributed by atoms with van der Waals surface area (Å²) >= 11 is 0. The standard InChI is InChI=1S/C25H28O4/c1-5-25(27-4,19-14-9-8-10-15-19)24(26)22-20-16-12-11-13-18(20)17-21(28-6-2)23(22)29-7-3/h8-17H,5-7H2,1-4H3/t25-/m1/s1. The summed E-state index contributed by atoms with van der Waals surface area (Å²) in [6.45, 7) is 6.69. The fraction of sp³-hybridized carbons (Fsp3) is 0.320. The Bertz CT molecular complexity index is 975. The van der Waals surface area contributed by atoms with Crippen molar-refractivity contribution in [1.82, 2.24) is 0 Å². The lowest BCUT2D eigenvalue weighted by molar-refractivity contribution is -0.00357. The zero-order valence-corrected chi connectivity index (χ0v) is 17.5. The minimum atomic E-state index is -1.11. The van der Waals surface area contributed by atoms with Crippen molar-refractivity contribution < 1.29 is 19.0 Å². The fourth-order valence-electron chi connectivity index (χ4n) is 3.84. The average Bonchev–Trinajstić information content (AvgIpc) is 2.76. The van der Waals surface area contributed by atoms with Crippen LogP contribution in [-0.4, -0.2) is 26.1 Å². The summed E-state index contributed by atoms with van der Waals surface area (Å²) in [4.78, 5) is 14.1. The monoisotopic (exact) mass is 392 g/mol. The topological polar surface area (TPSA) is 44.8 Å². The molecule has 0 fully saturated rings. The lowest BCUT2D eigenvalue weighted by Gasteiger charge is -2.32. The van der Waals surface area contributed by atoms with E-state index in [9.17, 15) is 4.79 Å². The molecule has 0 spiro atoms. The summed E-state index contributed by atoms with van der Waals surface area (Å²) in [5.74, 6) is 0.921. The van der Waals surface area contributed by atoms with Gasteiger partial charge < -0.3 is 14.2 Å². The van der Waals surface area contributed by atoms with Crippen molar-refractivity contribution in [2.45, 2.75) is 32.8 Å². The summed E-state index contributed by atoms with van der Waals surface area (Å²) in [6.07, 6.45) is 0.491. The molecule has 1 atom stereocenters. The molecule has 0 saturated carbocycles. The molecule has 29 heavy (non-hydrogen) atoms. The molecular weight excluding hydrogens is 364 g/mol. The van der Waals surface area contributed by atoms with E-state index in [0.29, 0.717) is 36.7 Å². The average molecular weight is 392 g/mol. The first kappa shape index (κ1) is 20.9. The van der Waals surface area contributed by atoms with Gasteiger partial charge in [-0.05, 0) is 42.7 Å². The maximum Gasteiger partial charge on any atom is 0.203 e. The minimum Gasteiger partial charge on any atom is -0.490 e. The smallest absolute Gasteiger partial charge is 0.203 e. The molecule has 152 valence electrons. The molecule has 0 aliphatic carbocycles. The van der Waals surface area contributed by atoms with Gasteiger partial charge >= 0.3 is 0 Å². The van der Waals surface area contributed by atoms with E-state index in [1.807, 2.05) is 81.4 Å². The van der Waals surface area contributed by atoms with Gasteiger partial charge in [-0.1, -0.05) is 61.5 Å². The zero-order valence-electron chi connectivity index (χ0n) is 17.5. The largest absolute Gasteiger partial charge is 0.490 e. The normalized spacial score (nSPS) is 13.1. The Morgan fingerprint density at radius 1 is 0.897 bits per heavy atom. The van der Waals surface area contributed by atoms with Gasteiger partial charge in [-0.25, -0.2) is 0 Å². The predicted octanol–water partition coefficient (Wildman–Crippen LogP) is 5.77. The van der Waals surface area contributed by atoms with E-state index in [0.717, 1.165) is 16.3 Å². The van der Waals surface area contributed by atoms with Gasteiger partial charge in [0.05, 0.1) is 18.8 Å². The van der Waals surface area contributed by atoms with Crippen molar-refractivity contribution in [3.05, 3.63) is 71.8 Å². The number of ketones is 1. The molecule has 0 bridgehead atoms. The van der Waals surface area contributed by atoms with E-state index in [1.165, 1.54) is 0 Å². The van der Waals surface area contributed by atoms with Gasteiger partial charge in [0.1, 0.15) is 0 Å². The molecule has 3 rings (SSSR count). The van der Waals surface area contributed by atoms with Crippen LogP contribution in [0.25, 0.3) is 10.8 Å². The van der Waals surface area contributed by atoms with Crippen LogP contribution in [0, 0.1) is 0 Å². The summed E-state index contributed by atoms with van der Waals surface area (Å²) in [5, 5.41) is 1.76. The Balaban J connectivity index is 2.33. The molecule has 0 aliphatic heterocycles. The van der Waals surface area contributed by atoms with Gasteiger partial charge in [0.2, 0.25) is 5.78 Å². The molecule has 4 nitrogen and oxygen atoms in total. The zero-order chi connectivity index (χ0) is 20.9. The highest BCUT2D eigenvalue weighted by molar-refractivity contribution is 6.15. The Kier molecular flexibility index (Phi) is 6.55. The van der Waals surface area contributed by atoms with Crippen LogP contribution in [0.15, 0.2) is 60.7 Å². The second-order valence-corrected chi connectivity index (χ2v) is 6.75. The third-order valence-corrected chi connectivity index (χ3v) is 5.24. The quantitative estimate of drug-likeness (QED) is 0.434. The SMILES string of the molecule is CCOc1cc2ccccc2c(C(=O)[C@](CC)(OC)c2ccccc2)c1OCC. The summed E-state index contributed by atoms with van der Waals surface area (Å²) < 4.78 is 17.8. The van der Waals surface area contributed by atoms with Gasteiger partial charge in [0, 0.05) is 7.11 Å². The van der Waals surface area contributed by atoms with Crippen LogP contribution < -0.4 is 9.47 Å². The van der Waals surface area contributed by atoms with Crippen LogP contribution in [0.2, 0.25) is 0 Å². The second-order valence-electron chi connectivity index (χ2n) is 6.75. The molecule has 0 aromatic heterocycles. The van der Waals surface area contributed by atoms with Crippen LogP contribution in [0.3, 0.4) is 0 Å². The number of hydrogen-bond donors (Lipinski definition) is 0.